The summed E-state index contributed by atoms with van der Waals surface area (Å²) in [5.41, 5.74) is -0.898. The minimum Gasteiger partial charge on any atom is -0.480 e. The molecule has 6 nitrogen and oxygen atoms in total. The number of hydrogen-bond acceptors (Lipinski definition) is 4. The molecule has 0 radical (unpaired) electrons. The van der Waals surface area contributed by atoms with Gasteiger partial charge in [-0.3, -0.25) is 4.79 Å². The topological polar surface area (TPSA) is 92.2 Å². The van der Waals surface area contributed by atoms with E-state index < -0.39 is 17.4 Å². The maximum atomic E-state index is 12.4. The molecule has 6 heteroatoms. The zero-order valence-corrected chi connectivity index (χ0v) is 12.7. The highest BCUT2D eigenvalue weighted by atomic mass is 16.4. The van der Waals surface area contributed by atoms with Gasteiger partial charge in [-0.1, -0.05) is 6.92 Å². The fourth-order valence-electron chi connectivity index (χ4n) is 2.97. The number of nitrogens with zero attached hydrogens (tertiary/aromatic N) is 2. The maximum absolute atomic E-state index is 12.4. The van der Waals surface area contributed by atoms with Crippen LogP contribution in [0.1, 0.15) is 67.7 Å². The van der Waals surface area contributed by atoms with Crippen LogP contribution in [0.15, 0.2) is 12.3 Å². The monoisotopic (exact) mass is 303 g/mol. The van der Waals surface area contributed by atoms with Crippen molar-refractivity contribution in [2.45, 2.75) is 56.9 Å². The molecule has 2 saturated carbocycles. The number of hydrogen-bond donors (Lipinski definition) is 2. The number of nitrogens with one attached hydrogen (secondary N) is 1. The molecule has 22 heavy (non-hydrogen) atoms. The summed E-state index contributed by atoms with van der Waals surface area (Å²) in [5.74, 6) is 0.182. The molecule has 2 fully saturated rings. The fourth-order valence-corrected chi connectivity index (χ4v) is 2.97. The first kappa shape index (κ1) is 14.9. The highest BCUT2D eigenvalue weighted by Crippen LogP contribution is 2.37. The van der Waals surface area contributed by atoms with Gasteiger partial charge < -0.3 is 10.4 Å². The molecule has 2 aliphatic carbocycles. The van der Waals surface area contributed by atoms with Crippen LogP contribution in [0.4, 0.5) is 0 Å². The minimum absolute atomic E-state index is 0.260. The molecule has 0 spiro atoms. The first-order chi connectivity index (χ1) is 10.5. The van der Waals surface area contributed by atoms with E-state index in [0.717, 1.165) is 25.7 Å². The lowest BCUT2D eigenvalue weighted by Gasteiger charge is -2.36. The maximum Gasteiger partial charge on any atom is 0.329 e. The van der Waals surface area contributed by atoms with Crippen molar-refractivity contribution in [1.82, 2.24) is 15.3 Å². The number of carbonyl (C=O) groups excluding carboxylic acids is 1. The van der Waals surface area contributed by atoms with Gasteiger partial charge in [-0.2, -0.15) is 0 Å². The van der Waals surface area contributed by atoms with Crippen molar-refractivity contribution >= 4 is 11.9 Å². The molecule has 0 saturated heterocycles. The zero-order valence-electron chi connectivity index (χ0n) is 12.7. The average Bonchev–Trinajstić information content (AvgIpc) is 3.34. The summed E-state index contributed by atoms with van der Waals surface area (Å²) in [6.45, 7) is 2.11. The molecule has 3 rings (SSSR count). The number of carbonyl (C=O) groups is 2. The molecule has 1 heterocycles. The summed E-state index contributed by atoms with van der Waals surface area (Å²) in [4.78, 5) is 32.6. The quantitative estimate of drug-likeness (QED) is 0.889. The van der Waals surface area contributed by atoms with Crippen LogP contribution in [0.3, 0.4) is 0 Å². The zero-order chi connectivity index (χ0) is 15.7. The van der Waals surface area contributed by atoms with E-state index in [0.29, 0.717) is 30.5 Å². The van der Waals surface area contributed by atoms with Crippen LogP contribution in [0.5, 0.6) is 0 Å². The molecule has 0 aliphatic heterocycles. The predicted molar refractivity (Wildman–Crippen MR) is 79.5 cm³/mol. The molecule has 1 aromatic rings. The highest BCUT2D eigenvalue weighted by molar-refractivity contribution is 5.96. The van der Waals surface area contributed by atoms with Crippen LogP contribution in [0.25, 0.3) is 0 Å². The Balaban J connectivity index is 1.76. The van der Waals surface area contributed by atoms with E-state index in [1.165, 1.54) is 0 Å². The van der Waals surface area contributed by atoms with Crippen molar-refractivity contribution in [2.75, 3.05) is 0 Å². The summed E-state index contributed by atoms with van der Waals surface area (Å²) in [6, 6.07) is 1.54. The standard InChI is InChI=1S/C16H21N3O3/c1-10-4-7-16(8-5-10,15(21)22)19-14(20)12-6-9-17-13(18-12)11-2-3-11/h6,9-11H,2-5,7-8H2,1H3,(H,19,20)(H,21,22). The van der Waals surface area contributed by atoms with Gasteiger partial charge in [0.15, 0.2) is 0 Å². The van der Waals surface area contributed by atoms with Crippen LogP contribution in [-0.4, -0.2) is 32.5 Å². The molecule has 1 aromatic heterocycles. The molecule has 2 N–H and O–H groups in total. The molecule has 0 unspecified atom stereocenters. The Morgan fingerprint density at radius 1 is 1.27 bits per heavy atom. The van der Waals surface area contributed by atoms with E-state index in [4.69, 9.17) is 0 Å². The Morgan fingerprint density at radius 3 is 2.55 bits per heavy atom. The predicted octanol–water partition coefficient (Wildman–Crippen LogP) is 2.12. The second kappa shape index (κ2) is 5.66. The Labute approximate surface area is 129 Å². The Bertz CT molecular complexity index is 590. The summed E-state index contributed by atoms with van der Waals surface area (Å²) in [5, 5.41) is 12.3. The SMILES string of the molecule is CC1CCC(NC(=O)c2ccnc(C3CC3)n2)(C(=O)O)CC1. The molecular formula is C16H21N3O3. The fraction of sp³-hybridized carbons (Fsp3) is 0.625. The number of carboxylic acids is 1. The Kier molecular flexibility index (Phi) is 3.85. The van der Waals surface area contributed by atoms with Crippen LogP contribution in [0, 0.1) is 5.92 Å². The smallest absolute Gasteiger partial charge is 0.329 e. The number of amides is 1. The second-order valence-corrected chi connectivity index (χ2v) is 6.60. The van der Waals surface area contributed by atoms with Gasteiger partial charge in [-0.05, 0) is 50.5 Å². The Hall–Kier alpha value is -1.98. The van der Waals surface area contributed by atoms with Crippen molar-refractivity contribution in [2.24, 2.45) is 5.92 Å². The van der Waals surface area contributed by atoms with Crippen LogP contribution >= 0.6 is 0 Å². The third kappa shape index (κ3) is 2.96. The van der Waals surface area contributed by atoms with Gasteiger partial charge in [0.1, 0.15) is 17.1 Å². The first-order valence-electron chi connectivity index (χ1n) is 7.89. The average molecular weight is 303 g/mol. The van der Waals surface area contributed by atoms with Crippen molar-refractivity contribution in [3.63, 3.8) is 0 Å². The number of rotatable bonds is 4. The lowest BCUT2D eigenvalue weighted by atomic mass is 9.77. The molecule has 0 atom stereocenters. The summed E-state index contributed by atoms with van der Waals surface area (Å²) >= 11 is 0. The van der Waals surface area contributed by atoms with E-state index in [-0.39, 0.29) is 5.69 Å². The highest BCUT2D eigenvalue weighted by Gasteiger charge is 2.42. The summed E-state index contributed by atoms with van der Waals surface area (Å²) in [7, 11) is 0. The van der Waals surface area contributed by atoms with Gasteiger partial charge in [0.2, 0.25) is 0 Å². The Morgan fingerprint density at radius 2 is 1.95 bits per heavy atom. The normalized spacial score (nSPS) is 28.1. The number of aromatic nitrogens is 2. The summed E-state index contributed by atoms with van der Waals surface area (Å²) in [6.07, 6.45) is 6.25. The van der Waals surface area contributed by atoms with E-state index in [1.807, 2.05) is 0 Å². The van der Waals surface area contributed by atoms with E-state index in [2.05, 4.69) is 22.2 Å². The molecule has 0 bridgehead atoms. The van der Waals surface area contributed by atoms with Crippen molar-refractivity contribution in [3.8, 4) is 0 Å². The third-order valence-electron chi connectivity index (χ3n) is 4.74. The molecule has 118 valence electrons. The number of carboxylic acid groups (broad SMARTS) is 1. The van der Waals surface area contributed by atoms with Crippen LogP contribution < -0.4 is 5.32 Å². The molecule has 1 amide bonds. The minimum atomic E-state index is -1.16. The van der Waals surface area contributed by atoms with E-state index in [9.17, 15) is 14.7 Å². The van der Waals surface area contributed by atoms with Crippen molar-refractivity contribution in [1.29, 1.82) is 0 Å². The molecular weight excluding hydrogens is 282 g/mol. The van der Waals surface area contributed by atoms with Gasteiger partial charge in [0, 0.05) is 12.1 Å². The lowest BCUT2D eigenvalue weighted by molar-refractivity contribution is -0.146. The van der Waals surface area contributed by atoms with Gasteiger partial charge in [-0.15, -0.1) is 0 Å². The summed E-state index contributed by atoms with van der Waals surface area (Å²) < 4.78 is 0. The third-order valence-corrected chi connectivity index (χ3v) is 4.74. The first-order valence-corrected chi connectivity index (χ1v) is 7.89. The van der Waals surface area contributed by atoms with Crippen LogP contribution in [0.2, 0.25) is 0 Å². The largest absolute Gasteiger partial charge is 0.480 e. The lowest BCUT2D eigenvalue weighted by Crippen LogP contribution is -2.56. The van der Waals surface area contributed by atoms with Gasteiger partial charge >= 0.3 is 5.97 Å². The molecule has 2 aliphatic rings. The van der Waals surface area contributed by atoms with Gasteiger partial charge in [0.25, 0.3) is 5.91 Å². The molecule has 0 aromatic carbocycles. The van der Waals surface area contributed by atoms with Gasteiger partial charge in [0.05, 0.1) is 0 Å². The van der Waals surface area contributed by atoms with Crippen LogP contribution in [-0.2, 0) is 4.79 Å². The van der Waals surface area contributed by atoms with E-state index in [1.54, 1.807) is 12.3 Å². The second-order valence-electron chi connectivity index (χ2n) is 6.60. The van der Waals surface area contributed by atoms with Crippen molar-refractivity contribution in [3.05, 3.63) is 23.8 Å². The van der Waals surface area contributed by atoms with Gasteiger partial charge in [-0.25, -0.2) is 14.8 Å². The van der Waals surface area contributed by atoms with E-state index >= 15 is 0 Å². The van der Waals surface area contributed by atoms with Crippen molar-refractivity contribution < 1.29 is 14.7 Å². The number of aliphatic carboxylic acids is 1.